The molecule has 7 heteroatoms. The number of hydrogen-bond acceptors (Lipinski definition) is 5. The van der Waals surface area contributed by atoms with Crippen LogP contribution in [0.15, 0.2) is 52.4 Å². The molecule has 2 atom stereocenters. The molecule has 1 saturated heterocycles. The van der Waals surface area contributed by atoms with Gasteiger partial charge in [-0.25, -0.2) is 4.98 Å². The number of Topliss-reactive ketones (excluding diaryl/α,β-unsaturated/α-hetero) is 1. The Morgan fingerprint density at radius 1 is 1.24 bits per heavy atom. The SMILES string of the molecule is C[C@H](Sc1nc2cc(Cl)ccc2c(=O)n1C[C@@H]1CCCO1)C(=O)c1ccc(C(C)(C)C)cc1. The van der Waals surface area contributed by atoms with Gasteiger partial charge in [0.1, 0.15) is 0 Å². The van der Waals surface area contributed by atoms with Crippen LogP contribution in [0.2, 0.25) is 5.02 Å². The van der Waals surface area contributed by atoms with E-state index in [4.69, 9.17) is 21.3 Å². The highest BCUT2D eigenvalue weighted by molar-refractivity contribution is 8.00. The number of aromatic nitrogens is 2. The number of thioether (sulfide) groups is 1. The second kappa shape index (κ2) is 9.61. The van der Waals surface area contributed by atoms with Crippen molar-refractivity contribution in [2.24, 2.45) is 0 Å². The lowest BCUT2D eigenvalue weighted by Crippen LogP contribution is -2.29. The summed E-state index contributed by atoms with van der Waals surface area (Å²) in [5.74, 6) is 0.00423. The molecule has 2 heterocycles. The second-order valence-corrected chi connectivity index (χ2v) is 11.3. The minimum Gasteiger partial charge on any atom is -0.376 e. The zero-order valence-electron chi connectivity index (χ0n) is 19.4. The molecule has 0 amide bonds. The van der Waals surface area contributed by atoms with E-state index in [-0.39, 0.29) is 22.9 Å². The van der Waals surface area contributed by atoms with Crippen LogP contribution in [0.1, 0.15) is 56.5 Å². The Balaban J connectivity index is 1.65. The van der Waals surface area contributed by atoms with E-state index < -0.39 is 5.25 Å². The highest BCUT2D eigenvalue weighted by atomic mass is 35.5. The zero-order chi connectivity index (χ0) is 23.8. The smallest absolute Gasteiger partial charge is 0.262 e. The van der Waals surface area contributed by atoms with Crippen molar-refractivity contribution >= 4 is 40.0 Å². The largest absolute Gasteiger partial charge is 0.376 e. The summed E-state index contributed by atoms with van der Waals surface area (Å²) in [4.78, 5) is 31.2. The third-order valence-corrected chi connectivity index (χ3v) is 7.30. The summed E-state index contributed by atoms with van der Waals surface area (Å²) < 4.78 is 7.43. The molecule has 2 aromatic carbocycles. The first-order valence-corrected chi connectivity index (χ1v) is 12.5. The van der Waals surface area contributed by atoms with Crippen LogP contribution < -0.4 is 5.56 Å². The Morgan fingerprint density at radius 2 is 1.97 bits per heavy atom. The van der Waals surface area contributed by atoms with Gasteiger partial charge in [-0.3, -0.25) is 14.2 Å². The molecule has 3 aromatic rings. The van der Waals surface area contributed by atoms with Gasteiger partial charge in [-0.15, -0.1) is 0 Å². The molecular weight excluding hydrogens is 456 g/mol. The Morgan fingerprint density at radius 3 is 2.61 bits per heavy atom. The molecule has 0 saturated carbocycles. The number of ether oxygens (including phenoxy) is 1. The fourth-order valence-corrected chi connectivity index (χ4v) is 5.16. The summed E-state index contributed by atoms with van der Waals surface area (Å²) in [5.41, 5.74) is 2.26. The van der Waals surface area contributed by atoms with Crippen molar-refractivity contribution in [1.82, 2.24) is 9.55 Å². The average molecular weight is 485 g/mol. The first-order chi connectivity index (χ1) is 15.6. The topological polar surface area (TPSA) is 61.2 Å². The lowest BCUT2D eigenvalue weighted by Gasteiger charge is -2.20. The number of hydrogen-bond donors (Lipinski definition) is 0. The number of nitrogens with zero attached hydrogens (tertiary/aromatic N) is 2. The molecule has 1 aliphatic rings. The normalized spacial score (nSPS) is 17.4. The standard InChI is InChI=1S/C26H29ClN2O3S/c1-16(23(30)17-7-9-18(10-8-17)26(2,3)4)33-25-28-22-14-19(27)11-12-21(22)24(31)29(25)15-20-6-5-13-32-20/h7-12,14,16,20H,5-6,13,15H2,1-4H3/t16-,20-/m0/s1. The van der Waals surface area contributed by atoms with E-state index in [0.717, 1.165) is 12.8 Å². The lowest BCUT2D eigenvalue weighted by atomic mass is 9.86. The second-order valence-electron chi connectivity index (χ2n) is 9.56. The van der Waals surface area contributed by atoms with E-state index in [1.165, 1.54) is 17.3 Å². The van der Waals surface area contributed by atoms with Crippen LogP contribution in [0.4, 0.5) is 0 Å². The van der Waals surface area contributed by atoms with E-state index in [9.17, 15) is 9.59 Å². The Labute approximate surface area is 203 Å². The van der Waals surface area contributed by atoms with E-state index >= 15 is 0 Å². The molecule has 0 spiro atoms. The molecule has 0 unspecified atom stereocenters. The van der Waals surface area contributed by atoms with Gasteiger partial charge >= 0.3 is 0 Å². The average Bonchev–Trinajstić information content (AvgIpc) is 3.28. The van der Waals surface area contributed by atoms with Crippen LogP contribution in [-0.2, 0) is 16.7 Å². The third kappa shape index (κ3) is 5.34. The Bertz CT molecular complexity index is 1230. The van der Waals surface area contributed by atoms with Crippen molar-refractivity contribution in [1.29, 1.82) is 0 Å². The molecule has 33 heavy (non-hydrogen) atoms. The summed E-state index contributed by atoms with van der Waals surface area (Å²) in [6.07, 6.45) is 1.87. The van der Waals surface area contributed by atoms with Gasteiger partial charge in [0, 0.05) is 17.2 Å². The molecule has 0 aliphatic carbocycles. The predicted molar refractivity (Wildman–Crippen MR) is 135 cm³/mol. The summed E-state index contributed by atoms with van der Waals surface area (Å²) in [7, 11) is 0. The quantitative estimate of drug-likeness (QED) is 0.248. The van der Waals surface area contributed by atoms with Crippen LogP contribution in [0.3, 0.4) is 0 Å². The van der Waals surface area contributed by atoms with Gasteiger partial charge < -0.3 is 4.74 Å². The van der Waals surface area contributed by atoms with Crippen LogP contribution >= 0.6 is 23.4 Å². The van der Waals surface area contributed by atoms with Crippen molar-refractivity contribution in [3.63, 3.8) is 0 Å². The molecule has 0 radical (unpaired) electrons. The van der Waals surface area contributed by atoms with Crippen molar-refractivity contribution in [2.75, 3.05) is 6.61 Å². The van der Waals surface area contributed by atoms with Gasteiger partial charge in [-0.2, -0.15) is 0 Å². The highest BCUT2D eigenvalue weighted by Gasteiger charge is 2.24. The van der Waals surface area contributed by atoms with Gasteiger partial charge in [0.05, 0.1) is 28.8 Å². The van der Waals surface area contributed by atoms with Crippen molar-refractivity contribution in [3.05, 3.63) is 69.0 Å². The number of rotatable bonds is 6. The fourth-order valence-electron chi connectivity index (χ4n) is 4.00. The lowest BCUT2D eigenvalue weighted by molar-refractivity contribution is 0.0937. The monoisotopic (exact) mass is 484 g/mol. The first kappa shape index (κ1) is 24.0. The highest BCUT2D eigenvalue weighted by Crippen LogP contribution is 2.28. The van der Waals surface area contributed by atoms with Gasteiger partial charge in [-0.05, 0) is 48.9 Å². The minimum atomic E-state index is -0.412. The number of ketones is 1. The molecule has 4 rings (SSSR count). The third-order valence-electron chi connectivity index (χ3n) is 5.98. The Kier molecular flexibility index (Phi) is 6.99. The predicted octanol–water partition coefficient (Wildman–Crippen LogP) is 5.89. The van der Waals surface area contributed by atoms with E-state index in [1.807, 2.05) is 31.2 Å². The van der Waals surface area contributed by atoms with Gasteiger partial charge in [0.25, 0.3) is 5.56 Å². The summed E-state index contributed by atoms with van der Waals surface area (Å²) in [5, 5.41) is 1.13. The number of fused-ring (bicyclic) bond motifs is 1. The number of carbonyl (C=O) groups excluding carboxylic acids is 1. The maximum atomic E-state index is 13.3. The molecule has 174 valence electrons. The van der Waals surface area contributed by atoms with Crippen molar-refractivity contribution in [2.45, 2.75) is 69.0 Å². The maximum Gasteiger partial charge on any atom is 0.262 e. The summed E-state index contributed by atoms with van der Waals surface area (Å²) in [6.45, 7) is 9.43. The Hall–Kier alpha value is -2.15. The van der Waals surface area contributed by atoms with E-state index in [2.05, 4.69) is 20.8 Å². The van der Waals surface area contributed by atoms with Crippen LogP contribution in [0.5, 0.6) is 0 Å². The summed E-state index contributed by atoms with van der Waals surface area (Å²) in [6, 6.07) is 12.9. The first-order valence-electron chi connectivity index (χ1n) is 11.3. The van der Waals surface area contributed by atoms with E-state index in [0.29, 0.717) is 39.8 Å². The van der Waals surface area contributed by atoms with Gasteiger partial charge in [0.2, 0.25) is 0 Å². The van der Waals surface area contributed by atoms with Gasteiger partial charge in [-0.1, -0.05) is 68.4 Å². The number of carbonyl (C=O) groups is 1. The maximum absolute atomic E-state index is 13.3. The molecule has 5 nitrogen and oxygen atoms in total. The fraction of sp³-hybridized carbons (Fsp3) is 0.423. The molecule has 1 fully saturated rings. The number of benzene rings is 2. The minimum absolute atomic E-state index is 0.00423. The van der Waals surface area contributed by atoms with E-state index in [1.54, 1.807) is 22.8 Å². The molecule has 0 bridgehead atoms. The van der Waals surface area contributed by atoms with Crippen LogP contribution in [0, 0.1) is 0 Å². The van der Waals surface area contributed by atoms with Gasteiger partial charge in [0.15, 0.2) is 10.9 Å². The van der Waals surface area contributed by atoms with Crippen LogP contribution in [0.25, 0.3) is 10.9 Å². The molecular formula is C26H29ClN2O3S. The number of halogens is 1. The zero-order valence-corrected chi connectivity index (χ0v) is 21.0. The molecule has 1 aliphatic heterocycles. The summed E-state index contributed by atoms with van der Waals surface area (Å²) >= 11 is 7.46. The van der Waals surface area contributed by atoms with Crippen LogP contribution in [-0.4, -0.2) is 33.3 Å². The molecule has 1 aromatic heterocycles. The van der Waals surface area contributed by atoms with Crippen molar-refractivity contribution < 1.29 is 9.53 Å². The molecule has 0 N–H and O–H groups in total. The van der Waals surface area contributed by atoms with Crippen molar-refractivity contribution in [3.8, 4) is 0 Å².